The molecule has 0 N–H and O–H groups in total. The average Bonchev–Trinajstić information content (AvgIpc) is 3.03. The summed E-state index contributed by atoms with van der Waals surface area (Å²) in [7, 11) is -1.10. The van der Waals surface area contributed by atoms with Crippen LogP contribution in [0.2, 0.25) is 0 Å². The van der Waals surface area contributed by atoms with Crippen LogP contribution >= 0.6 is 7.26 Å². The van der Waals surface area contributed by atoms with E-state index in [1.807, 2.05) is 0 Å². The third kappa shape index (κ3) is 20.5. The zero-order chi connectivity index (χ0) is 30.5. The van der Waals surface area contributed by atoms with Crippen LogP contribution in [0.25, 0.3) is 0 Å². The van der Waals surface area contributed by atoms with Crippen LogP contribution in [0.1, 0.15) is 179 Å². The van der Waals surface area contributed by atoms with E-state index in [4.69, 9.17) is 0 Å². The molecule has 2 rings (SSSR count). The van der Waals surface area contributed by atoms with Gasteiger partial charge in [-0.15, -0.1) is 0 Å². The van der Waals surface area contributed by atoms with Gasteiger partial charge in [0.05, 0.1) is 24.6 Å². The summed E-state index contributed by atoms with van der Waals surface area (Å²) in [4.78, 5) is 0. The lowest BCUT2D eigenvalue weighted by atomic mass is 10.1. The lowest BCUT2D eigenvalue weighted by molar-refractivity contribution is 0.547. The summed E-state index contributed by atoms with van der Waals surface area (Å²) in [5.41, 5.74) is 3.18. The lowest BCUT2D eigenvalue weighted by Gasteiger charge is -2.29. The summed E-state index contributed by atoms with van der Waals surface area (Å²) in [5, 5.41) is 0. The maximum atomic E-state index is 2.41. The van der Waals surface area contributed by atoms with Gasteiger partial charge in [0.25, 0.3) is 0 Å². The highest BCUT2D eigenvalue weighted by Crippen LogP contribution is 2.65. The molecule has 0 saturated heterocycles. The van der Waals surface area contributed by atoms with Crippen molar-refractivity contribution in [3.05, 3.63) is 71.8 Å². The van der Waals surface area contributed by atoms with Gasteiger partial charge in [0.2, 0.25) is 0 Å². The van der Waals surface area contributed by atoms with E-state index < -0.39 is 7.26 Å². The summed E-state index contributed by atoms with van der Waals surface area (Å²) in [6.07, 6.45) is 40.4. The van der Waals surface area contributed by atoms with Gasteiger partial charge in [-0.05, 0) is 36.8 Å². The van der Waals surface area contributed by atoms with Crippen molar-refractivity contribution in [2.45, 2.75) is 180 Å². The molecule has 0 unspecified atom stereocenters. The molecule has 0 aliphatic rings. The molecule has 0 atom stereocenters. The van der Waals surface area contributed by atoms with Crippen molar-refractivity contribution in [1.29, 1.82) is 0 Å². The molecule has 0 aliphatic carbocycles. The van der Waals surface area contributed by atoms with E-state index in [9.17, 15) is 0 Å². The van der Waals surface area contributed by atoms with Crippen molar-refractivity contribution < 1.29 is 0 Å². The molecule has 244 valence electrons. The van der Waals surface area contributed by atoms with Gasteiger partial charge >= 0.3 is 0 Å². The van der Waals surface area contributed by atoms with Gasteiger partial charge < -0.3 is 0 Å². The van der Waals surface area contributed by atoms with E-state index in [1.165, 1.54) is 179 Å². The predicted octanol–water partition coefficient (Wildman–Crippen LogP) is 14.8. The van der Waals surface area contributed by atoms with Gasteiger partial charge in [0, 0.05) is 7.26 Å². The number of unbranched alkanes of at least 4 members (excludes halogenated alkanes) is 22. The van der Waals surface area contributed by atoms with Gasteiger partial charge in [-0.1, -0.05) is 203 Å². The Morgan fingerprint density at radius 2 is 0.581 bits per heavy atom. The van der Waals surface area contributed by atoms with Crippen LogP contribution in [-0.2, 0) is 12.3 Å². The number of hydrogen-bond donors (Lipinski definition) is 0. The van der Waals surface area contributed by atoms with E-state index in [-0.39, 0.29) is 0 Å². The molecular weight excluding hydrogens is 535 g/mol. The highest BCUT2D eigenvalue weighted by molar-refractivity contribution is 7.74. The van der Waals surface area contributed by atoms with Crippen molar-refractivity contribution in [3.8, 4) is 0 Å². The maximum absolute atomic E-state index is 2.41. The van der Waals surface area contributed by atoms with Gasteiger partial charge in [-0.3, -0.25) is 0 Å². The van der Waals surface area contributed by atoms with Gasteiger partial charge in [-0.2, -0.15) is 0 Å². The van der Waals surface area contributed by atoms with E-state index in [0.717, 1.165) is 0 Å². The molecule has 0 spiro atoms. The van der Waals surface area contributed by atoms with E-state index in [0.29, 0.717) is 0 Å². The zero-order valence-electron chi connectivity index (χ0n) is 29.0. The molecule has 2 aromatic rings. The standard InChI is InChI=1S/C42H72P/c1-3-5-7-9-11-13-15-17-19-21-23-31-37-43(39-41-33-27-25-28-34-41,40-42-35-29-26-30-36-42)38-32-24-22-20-18-16-14-12-10-8-6-4-2/h25-30,33-36H,3-24,31-32,37-40H2,1-2H3/q+1. The van der Waals surface area contributed by atoms with Crippen molar-refractivity contribution in [1.82, 2.24) is 0 Å². The lowest BCUT2D eigenvalue weighted by Crippen LogP contribution is -2.11. The molecule has 0 aliphatic heterocycles. The third-order valence-electron chi connectivity index (χ3n) is 9.69. The fourth-order valence-electron chi connectivity index (χ4n) is 7.00. The second kappa shape index (κ2) is 27.2. The van der Waals surface area contributed by atoms with Crippen LogP contribution in [-0.4, -0.2) is 12.3 Å². The molecule has 0 heterocycles. The summed E-state index contributed by atoms with van der Waals surface area (Å²) in [6, 6.07) is 23.1. The van der Waals surface area contributed by atoms with Crippen LogP contribution in [0.5, 0.6) is 0 Å². The van der Waals surface area contributed by atoms with Gasteiger partial charge in [0.15, 0.2) is 0 Å². The number of rotatable bonds is 30. The maximum Gasteiger partial charge on any atom is 0.0846 e. The normalized spacial score (nSPS) is 11.8. The Morgan fingerprint density at radius 3 is 0.860 bits per heavy atom. The van der Waals surface area contributed by atoms with Gasteiger partial charge in [0.1, 0.15) is 0 Å². The molecule has 0 saturated carbocycles. The number of hydrogen-bond acceptors (Lipinski definition) is 0. The molecule has 43 heavy (non-hydrogen) atoms. The van der Waals surface area contributed by atoms with Crippen LogP contribution in [0.15, 0.2) is 60.7 Å². The Kier molecular flexibility index (Phi) is 24.1. The van der Waals surface area contributed by atoms with E-state index in [1.54, 1.807) is 11.1 Å². The Labute approximate surface area is 271 Å². The molecule has 0 radical (unpaired) electrons. The zero-order valence-corrected chi connectivity index (χ0v) is 29.9. The Balaban J connectivity index is 1.80. The molecule has 1 heteroatoms. The third-order valence-corrected chi connectivity index (χ3v) is 14.3. The topological polar surface area (TPSA) is 0 Å². The van der Waals surface area contributed by atoms with Crippen molar-refractivity contribution >= 4 is 7.26 Å². The first-order valence-corrected chi connectivity index (χ1v) is 21.7. The average molecular weight is 608 g/mol. The summed E-state index contributed by atoms with van der Waals surface area (Å²) >= 11 is 0. The summed E-state index contributed by atoms with van der Waals surface area (Å²) < 4.78 is 0. The first kappa shape index (κ1) is 38.1. The molecule has 0 bridgehead atoms. The minimum atomic E-state index is -1.10. The fraction of sp³-hybridized carbons (Fsp3) is 0.714. The number of benzene rings is 2. The minimum absolute atomic E-state index is 1.10. The van der Waals surface area contributed by atoms with Crippen LogP contribution < -0.4 is 0 Å². The van der Waals surface area contributed by atoms with Crippen molar-refractivity contribution in [2.75, 3.05) is 12.3 Å². The molecule has 2 aromatic carbocycles. The largest absolute Gasteiger partial charge is 0.0846 e. The fourth-order valence-corrected chi connectivity index (χ4v) is 11.7. The van der Waals surface area contributed by atoms with Crippen molar-refractivity contribution in [3.63, 3.8) is 0 Å². The quantitative estimate of drug-likeness (QED) is 0.0612. The Bertz CT molecular complexity index is 757. The van der Waals surface area contributed by atoms with Gasteiger partial charge in [-0.25, -0.2) is 0 Å². The second-order valence-electron chi connectivity index (χ2n) is 13.9. The first-order valence-electron chi connectivity index (χ1n) is 19.2. The summed E-state index contributed by atoms with van der Waals surface area (Å²) in [6.45, 7) is 4.63. The molecule has 0 aromatic heterocycles. The molecule has 0 nitrogen and oxygen atoms in total. The Hall–Kier alpha value is -1.13. The second-order valence-corrected chi connectivity index (χ2v) is 18.1. The first-order chi connectivity index (χ1) is 21.3. The minimum Gasteiger partial charge on any atom is -0.0654 e. The highest BCUT2D eigenvalue weighted by Gasteiger charge is 2.36. The Morgan fingerprint density at radius 1 is 0.326 bits per heavy atom. The molecule has 0 amide bonds. The molecule has 0 fully saturated rings. The SMILES string of the molecule is CCCCCCCCCCCCCC[P+](CCCCCCCCCCCCCC)(Cc1ccccc1)Cc1ccccc1. The van der Waals surface area contributed by atoms with Crippen LogP contribution in [0.3, 0.4) is 0 Å². The summed E-state index contributed by atoms with van der Waals surface area (Å²) in [5.74, 6) is 0. The molecular formula is C42H72P+. The highest BCUT2D eigenvalue weighted by atomic mass is 31.2. The van der Waals surface area contributed by atoms with E-state index in [2.05, 4.69) is 74.5 Å². The van der Waals surface area contributed by atoms with Crippen molar-refractivity contribution in [2.24, 2.45) is 0 Å². The monoisotopic (exact) mass is 608 g/mol. The smallest absolute Gasteiger partial charge is 0.0654 e. The van der Waals surface area contributed by atoms with E-state index >= 15 is 0 Å². The van der Waals surface area contributed by atoms with Crippen LogP contribution in [0, 0.1) is 0 Å². The van der Waals surface area contributed by atoms with Crippen LogP contribution in [0.4, 0.5) is 0 Å². The predicted molar refractivity (Wildman–Crippen MR) is 199 cm³/mol.